The Morgan fingerprint density at radius 3 is 2.79 bits per heavy atom. The third kappa shape index (κ3) is 6.58. The van der Waals surface area contributed by atoms with Crippen molar-refractivity contribution in [2.24, 2.45) is 4.99 Å². The molecule has 0 fully saturated rings. The second-order valence-electron chi connectivity index (χ2n) is 5.70. The van der Waals surface area contributed by atoms with E-state index in [1.807, 2.05) is 6.92 Å². The van der Waals surface area contributed by atoms with E-state index in [0.717, 1.165) is 38.6 Å². The molecule has 0 saturated carbocycles. The highest BCUT2D eigenvalue weighted by Crippen LogP contribution is 2.13. The molecule has 24 heavy (non-hydrogen) atoms. The Hall–Kier alpha value is -2.08. The first-order valence-corrected chi connectivity index (χ1v) is 8.30. The SMILES string of the molecule is CN=C(NCCC1=CCOCC1)NCC(C)Oc1ccc(F)cc1. The van der Waals surface area contributed by atoms with Crippen LogP contribution in [0.3, 0.4) is 0 Å². The second-order valence-corrected chi connectivity index (χ2v) is 5.70. The number of guanidine groups is 1. The van der Waals surface area contributed by atoms with Crippen LogP contribution in [0.4, 0.5) is 4.39 Å². The maximum atomic E-state index is 12.9. The number of nitrogens with one attached hydrogen (secondary N) is 2. The molecule has 1 aliphatic rings. The summed E-state index contributed by atoms with van der Waals surface area (Å²) in [5.41, 5.74) is 1.43. The number of hydrogen-bond acceptors (Lipinski definition) is 3. The Bertz CT molecular complexity index is 558. The molecule has 1 heterocycles. The van der Waals surface area contributed by atoms with Crippen molar-refractivity contribution in [3.8, 4) is 5.75 Å². The highest BCUT2D eigenvalue weighted by Gasteiger charge is 2.07. The van der Waals surface area contributed by atoms with Crippen LogP contribution in [0, 0.1) is 5.82 Å². The third-order valence-electron chi connectivity index (χ3n) is 3.73. The van der Waals surface area contributed by atoms with Crippen LogP contribution < -0.4 is 15.4 Å². The summed E-state index contributed by atoms with van der Waals surface area (Å²) in [5, 5.41) is 6.53. The molecule has 0 bridgehead atoms. The standard InChI is InChI=1S/C18H26FN3O2/c1-14(24-17-5-3-16(19)4-6-17)13-22-18(20-2)21-10-7-15-8-11-23-12-9-15/h3-6,8,14H,7,9-13H2,1-2H3,(H2,20,21,22). The molecule has 0 radical (unpaired) electrons. The molecule has 1 unspecified atom stereocenters. The Labute approximate surface area is 143 Å². The number of nitrogens with zero attached hydrogens (tertiary/aromatic N) is 1. The molecule has 1 aliphatic heterocycles. The fourth-order valence-electron chi connectivity index (χ4n) is 2.38. The van der Waals surface area contributed by atoms with E-state index in [9.17, 15) is 4.39 Å². The number of ether oxygens (including phenoxy) is 2. The summed E-state index contributed by atoms with van der Waals surface area (Å²) < 4.78 is 23.9. The van der Waals surface area contributed by atoms with E-state index in [4.69, 9.17) is 9.47 Å². The first kappa shape index (κ1) is 18.3. The van der Waals surface area contributed by atoms with Gasteiger partial charge in [0.25, 0.3) is 0 Å². The Morgan fingerprint density at radius 1 is 1.33 bits per heavy atom. The zero-order valence-electron chi connectivity index (χ0n) is 14.3. The highest BCUT2D eigenvalue weighted by molar-refractivity contribution is 5.79. The molecule has 6 heteroatoms. The molecule has 132 valence electrons. The number of benzene rings is 1. The summed E-state index contributed by atoms with van der Waals surface area (Å²) >= 11 is 0. The summed E-state index contributed by atoms with van der Waals surface area (Å²) in [6.07, 6.45) is 4.09. The third-order valence-corrected chi connectivity index (χ3v) is 3.73. The average molecular weight is 335 g/mol. The summed E-state index contributed by atoms with van der Waals surface area (Å²) in [5.74, 6) is 1.13. The van der Waals surface area contributed by atoms with Gasteiger partial charge < -0.3 is 20.1 Å². The summed E-state index contributed by atoms with van der Waals surface area (Å²) in [6, 6.07) is 6.03. The van der Waals surface area contributed by atoms with Gasteiger partial charge in [0.05, 0.1) is 19.8 Å². The van der Waals surface area contributed by atoms with E-state index < -0.39 is 0 Å². The number of rotatable bonds is 7. The van der Waals surface area contributed by atoms with Crippen LogP contribution >= 0.6 is 0 Å². The summed E-state index contributed by atoms with van der Waals surface area (Å²) in [4.78, 5) is 4.21. The van der Waals surface area contributed by atoms with Gasteiger partial charge in [0.1, 0.15) is 17.7 Å². The zero-order chi connectivity index (χ0) is 17.2. The molecular weight excluding hydrogens is 309 g/mol. The van der Waals surface area contributed by atoms with Crippen molar-refractivity contribution in [1.82, 2.24) is 10.6 Å². The summed E-state index contributed by atoms with van der Waals surface area (Å²) in [6.45, 7) is 4.93. The molecule has 1 aromatic rings. The lowest BCUT2D eigenvalue weighted by Crippen LogP contribution is -2.42. The van der Waals surface area contributed by atoms with Crippen LogP contribution in [0.1, 0.15) is 19.8 Å². The maximum Gasteiger partial charge on any atom is 0.191 e. The van der Waals surface area contributed by atoms with E-state index in [-0.39, 0.29) is 11.9 Å². The molecule has 1 atom stereocenters. The van der Waals surface area contributed by atoms with Crippen LogP contribution in [-0.4, -0.2) is 45.4 Å². The van der Waals surface area contributed by atoms with Crippen molar-refractivity contribution in [1.29, 1.82) is 0 Å². The smallest absolute Gasteiger partial charge is 0.191 e. The van der Waals surface area contributed by atoms with Gasteiger partial charge in [-0.2, -0.15) is 0 Å². The largest absolute Gasteiger partial charge is 0.489 e. The lowest BCUT2D eigenvalue weighted by atomic mass is 10.1. The number of halogens is 1. The van der Waals surface area contributed by atoms with Gasteiger partial charge in [0.15, 0.2) is 5.96 Å². The Morgan fingerprint density at radius 2 is 2.12 bits per heavy atom. The molecule has 0 amide bonds. The van der Waals surface area contributed by atoms with Gasteiger partial charge in [-0.15, -0.1) is 0 Å². The first-order chi connectivity index (χ1) is 11.7. The van der Waals surface area contributed by atoms with Crippen LogP contribution in [0.2, 0.25) is 0 Å². The van der Waals surface area contributed by atoms with Crippen LogP contribution in [-0.2, 0) is 4.74 Å². The van der Waals surface area contributed by atoms with Crippen LogP contribution in [0.5, 0.6) is 5.75 Å². The molecule has 5 nitrogen and oxygen atoms in total. The Kier molecular flexibility index (Phi) is 7.55. The normalized spacial score (nSPS) is 16.3. The van der Waals surface area contributed by atoms with Gasteiger partial charge in [0, 0.05) is 13.6 Å². The number of hydrogen-bond donors (Lipinski definition) is 2. The topological polar surface area (TPSA) is 54.9 Å². The van der Waals surface area contributed by atoms with Crippen molar-refractivity contribution in [3.63, 3.8) is 0 Å². The molecular formula is C18H26FN3O2. The predicted molar refractivity (Wildman–Crippen MR) is 94.0 cm³/mol. The molecule has 0 saturated heterocycles. The van der Waals surface area contributed by atoms with E-state index >= 15 is 0 Å². The molecule has 1 aromatic carbocycles. The minimum Gasteiger partial charge on any atom is -0.489 e. The van der Waals surface area contributed by atoms with E-state index in [1.165, 1.54) is 17.7 Å². The van der Waals surface area contributed by atoms with Crippen molar-refractivity contribution in [3.05, 3.63) is 41.7 Å². The minimum atomic E-state index is -0.266. The van der Waals surface area contributed by atoms with Crippen LogP contribution in [0.15, 0.2) is 40.9 Å². The Balaban J connectivity index is 1.66. The second kappa shape index (κ2) is 9.93. The molecule has 0 aliphatic carbocycles. The number of aliphatic imine (C=N–C) groups is 1. The lowest BCUT2D eigenvalue weighted by Gasteiger charge is -2.18. The monoisotopic (exact) mass is 335 g/mol. The van der Waals surface area contributed by atoms with Gasteiger partial charge in [-0.1, -0.05) is 11.6 Å². The van der Waals surface area contributed by atoms with E-state index in [2.05, 4.69) is 21.7 Å². The van der Waals surface area contributed by atoms with Crippen molar-refractivity contribution in [2.75, 3.05) is 33.4 Å². The van der Waals surface area contributed by atoms with Gasteiger partial charge >= 0.3 is 0 Å². The molecule has 0 aromatic heterocycles. The maximum absolute atomic E-state index is 12.9. The van der Waals surface area contributed by atoms with E-state index in [1.54, 1.807) is 19.2 Å². The van der Waals surface area contributed by atoms with Crippen molar-refractivity contribution in [2.45, 2.75) is 25.9 Å². The van der Waals surface area contributed by atoms with Gasteiger partial charge in [0.2, 0.25) is 0 Å². The predicted octanol–water partition coefficient (Wildman–Crippen LogP) is 2.49. The first-order valence-electron chi connectivity index (χ1n) is 8.30. The molecule has 2 N–H and O–H groups in total. The molecule has 0 spiro atoms. The highest BCUT2D eigenvalue weighted by atomic mass is 19.1. The van der Waals surface area contributed by atoms with Gasteiger partial charge in [-0.25, -0.2) is 4.39 Å². The van der Waals surface area contributed by atoms with Crippen molar-refractivity contribution < 1.29 is 13.9 Å². The lowest BCUT2D eigenvalue weighted by molar-refractivity contribution is 0.153. The van der Waals surface area contributed by atoms with E-state index in [0.29, 0.717) is 12.3 Å². The average Bonchev–Trinajstić information content (AvgIpc) is 2.61. The summed E-state index contributed by atoms with van der Waals surface area (Å²) in [7, 11) is 1.74. The quantitative estimate of drug-likeness (QED) is 0.457. The molecule has 2 rings (SSSR count). The zero-order valence-corrected chi connectivity index (χ0v) is 14.3. The van der Waals surface area contributed by atoms with Crippen molar-refractivity contribution >= 4 is 5.96 Å². The van der Waals surface area contributed by atoms with Crippen LogP contribution in [0.25, 0.3) is 0 Å². The minimum absolute atomic E-state index is 0.0628. The fourth-order valence-corrected chi connectivity index (χ4v) is 2.38. The van der Waals surface area contributed by atoms with Gasteiger partial charge in [-0.3, -0.25) is 4.99 Å². The fraction of sp³-hybridized carbons (Fsp3) is 0.500. The van der Waals surface area contributed by atoms with Gasteiger partial charge in [-0.05, 0) is 44.0 Å².